The van der Waals surface area contributed by atoms with Crippen LogP contribution in [0.1, 0.15) is 80.8 Å². The molecule has 0 spiro atoms. The number of halogens is 1. The maximum Gasteiger partial charge on any atom is 0.264 e. The summed E-state index contributed by atoms with van der Waals surface area (Å²) in [5.74, 6) is 0.171. The van der Waals surface area contributed by atoms with Crippen LogP contribution in [0.15, 0.2) is 79.0 Å². The van der Waals surface area contributed by atoms with Crippen LogP contribution in [0.2, 0.25) is 5.02 Å². The summed E-state index contributed by atoms with van der Waals surface area (Å²) in [5.41, 5.74) is 2.29. The topological polar surface area (TPSA) is 204 Å². The van der Waals surface area contributed by atoms with Crippen LogP contribution in [0, 0.1) is 11.8 Å². The van der Waals surface area contributed by atoms with Crippen LogP contribution in [-0.4, -0.2) is 127 Å². The molecule has 5 aliphatic rings. The van der Waals surface area contributed by atoms with Crippen molar-refractivity contribution in [1.82, 2.24) is 35.7 Å². The van der Waals surface area contributed by atoms with Gasteiger partial charge in [-0.2, -0.15) is 0 Å². The molecule has 5 aliphatic heterocycles. The molecule has 10 rings (SSSR count). The summed E-state index contributed by atoms with van der Waals surface area (Å²) in [4.78, 5) is 94.0. The average molecular weight is 1030 g/mol. The van der Waals surface area contributed by atoms with Gasteiger partial charge in [-0.25, -0.2) is 9.97 Å². The number of rotatable bonds is 14. The van der Waals surface area contributed by atoms with Gasteiger partial charge in [-0.05, 0) is 111 Å². The number of para-hydroxylation sites is 1. The summed E-state index contributed by atoms with van der Waals surface area (Å²) in [6.45, 7) is 5.62. The first kappa shape index (κ1) is 49.9. The molecular formula is C54H60ClN9O8S. The first-order valence-electron chi connectivity index (χ1n) is 25.4. The highest BCUT2D eigenvalue weighted by Gasteiger charge is 2.46. The van der Waals surface area contributed by atoms with Crippen LogP contribution in [-0.2, 0) is 28.8 Å². The van der Waals surface area contributed by atoms with Gasteiger partial charge in [-0.15, -0.1) is 11.3 Å². The number of ether oxygens (including phenoxy) is 2. The monoisotopic (exact) mass is 1030 g/mol. The normalized spacial score (nSPS) is 20.7. The number of imide groups is 1. The maximum absolute atomic E-state index is 14.3. The van der Waals surface area contributed by atoms with Gasteiger partial charge in [-0.3, -0.25) is 34.1 Å². The summed E-state index contributed by atoms with van der Waals surface area (Å²) >= 11 is 7.94. The molecule has 2 aromatic heterocycles. The lowest BCUT2D eigenvalue weighted by Gasteiger charge is -2.42. The lowest BCUT2D eigenvalue weighted by molar-refractivity contribution is -0.147. The Morgan fingerprint density at radius 1 is 0.877 bits per heavy atom. The van der Waals surface area contributed by atoms with E-state index in [0.717, 1.165) is 85.6 Å². The minimum atomic E-state index is -1.26. The fourth-order valence-electron chi connectivity index (χ4n) is 11.0. The quantitative estimate of drug-likeness (QED) is 0.0719. The summed E-state index contributed by atoms with van der Waals surface area (Å²) in [6.07, 6.45) is 6.77. The lowest BCUT2D eigenvalue weighted by atomic mass is 9.86. The van der Waals surface area contributed by atoms with Gasteiger partial charge in [0.05, 0.1) is 39.2 Å². The Morgan fingerprint density at radius 3 is 2.41 bits per heavy atom. The van der Waals surface area contributed by atoms with E-state index in [9.17, 15) is 28.8 Å². The minimum absolute atomic E-state index is 0.0276. The van der Waals surface area contributed by atoms with Gasteiger partial charge in [0.2, 0.25) is 29.5 Å². The number of hydrogen-bond acceptors (Lipinski definition) is 13. The lowest BCUT2D eigenvalue weighted by Crippen LogP contribution is -2.58. The van der Waals surface area contributed by atoms with Crippen molar-refractivity contribution < 1.29 is 38.2 Å². The molecule has 6 amide bonds. The van der Waals surface area contributed by atoms with Crippen molar-refractivity contribution in [3.8, 4) is 22.1 Å². The number of aromatic nitrogens is 2. The highest BCUT2D eigenvalue weighted by molar-refractivity contribution is 7.22. The number of fused-ring (bicyclic) bond motifs is 2. The van der Waals surface area contributed by atoms with Crippen molar-refractivity contribution in [3.05, 3.63) is 95.1 Å². The molecule has 382 valence electrons. The summed E-state index contributed by atoms with van der Waals surface area (Å²) < 4.78 is 13.7. The predicted octanol–water partition coefficient (Wildman–Crippen LogP) is 6.27. The SMILES string of the molecule is CNC(=O)C1(Oc2ccccc2-c2nc3cccc(Cl)c3s2)CCN(C(=O)[C@H]2CC(=O)Nc3ccc(OCCNC(=O)C4CCN(CC5CCN(c6ccc(C7CCC(=O)NC7=O)cn6)CC5)CC4)cc32)CC1. The number of carbonyl (C=O) groups is 6. The zero-order chi connectivity index (χ0) is 50.6. The molecular weight excluding hydrogens is 970 g/mol. The number of pyridine rings is 1. The summed E-state index contributed by atoms with van der Waals surface area (Å²) in [5, 5.41) is 12.5. The molecule has 3 aromatic carbocycles. The Balaban J connectivity index is 0.674. The van der Waals surface area contributed by atoms with Crippen molar-refractivity contribution in [2.45, 2.75) is 75.2 Å². The van der Waals surface area contributed by atoms with Crippen molar-refractivity contribution in [2.75, 3.05) is 76.2 Å². The molecule has 0 aliphatic carbocycles. The highest BCUT2D eigenvalue weighted by Crippen LogP contribution is 2.42. The predicted molar refractivity (Wildman–Crippen MR) is 278 cm³/mol. The van der Waals surface area contributed by atoms with Gasteiger partial charge in [0.15, 0.2) is 5.60 Å². The molecule has 73 heavy (non-hydrogen) atoms. The molecule has 0 radical (unpaired) electrons. The zero-order valence-corrected chi connectivity index (χ0v) is 42.4. The molecule has 1 unspecified atom stereocenters. The summed E-state index contributed by atoms with van der Waals surface area (Å²) in [6, 6.07) is 22.3. The van der Waals surface area contributed by atoms with Crippen LogP contribution >= 0.6 is 22.9 Å². The Morgan fingerprint density at radius 2 is 1.67 bits per heavy atom. The molecule has 2 atom stereocenters. The first-order chi connectivity index (χ1) is 35.4. The maximum atomic E-state index is 14.3. The fourth-order valence-corrected chi connectivity index (χ4v) is 12.3. The molecule has 0 saturated carbocycles. The number of nitrogens with zero attached hydrogens (tertiary/aromatic N) is 5. The van der Waals surface area contributed by atoms with Crippen LogP contribution < -0.4 is 35.6 Å². The van der Waals surface area contributed by atoms with E-state index in [1.807, 2.05) is 54.6 Å². The Hall–Kier alpha value is -6.63. The van der Waals surface area contributed by atoms with E-state index < -0.39 is 11.5 Å². The summed E-state index contributed by atoms with van der Waals surface area (Å²) in [7, 11) is 1.57. The van der Waals surface area contributed by atoms with Gasteiger partial charge in [-0.1, -0.05) is 35.9 Å². The minimum Gasteiger partial charge on any atom is -0.492 e. The van der Waals surface area contributed by atoms with Gasteiger partial charge in [0, 0.05) is 83.3 Å². The van der Waals surface area contributed by atoms with Gasteiger partial charge in [0.25, 0.3) is 5.91 Å². The Kier molecular flexibility index (Phi) is 14.9. The number of thiazole rings is 1. The third-order valence-electron chi connectivity index (χ3n) is 15.2. The molecule has 7 heterocycles. The number of carbonyl (C=O) groups excluding carboxylic acids is 6. The third kappa shape index (κ3) is 11.0. The van der Waals surface area contributed by atoms with Crippen LogP contribution in [0.4, 0.5) is 11.5 Å². The number of piperidine rings is 4. The molecule has 17 nitrogen and oxygen atoms in total. The van der Waals surface area contributed by atoms with E-state index in [-0.39, 0.29) is 86.2 Å². The molecule has 5 aromatic rings. The second-order valence-corrected chi connectivity index (χ2v) is 21.2. The van der Waals surface area contributed by atoms with Crippen LogP contribution in [0.3, 0.4) is 0 Å². The molecule has 19 heteroatoms. The number of nitrogens with one attached hydrogen (secondary N) is 4. The van der Waals surface area contributed by atoms with E-state index in [1.165, 1.54) is 11.3 Å². The molecule has 4 N–H and O–H groups in total. The van der Waals surface area contributed by atoms with Gasteiger partial charge < -0.3 is 40.1 Å². The van der Waals surface area contributed by atoms with Gasteiger partial charge >= 0.3 is 0 Å². The van der Waals surface area contributed by atoms with E-state index in [4.69, 9.17) is 26.1 Å². The largest absolute Gasteiger partial charge is 0.492 e. The molecule has 0 bridgehead atoms. The number of likely N-dealkylation sites (tertiary alicyclic amines) is 2. The fraction of sp³-hybridized carbons (Fsp3) is 0.444. The van der Waals surface area contributed by atoms with Crippen molar-refractivity contribution >= 4 is 80.1 Å². The molecule has 4 fully saturated rings. The smallest absolute Gasteiger partial charge is 0.264 e. The first-order valence-corrected chi connectivity index (χ1v) is 26.6. The second-order valence-electron chi connectivity index (χ2n) is 19.8. The van der Waals surface area contributed by atoms with Gasteiger partial charge in [0.1, 0.15) is 28.9 Å². The standard InChI is InChI=1S/C54H60ClN9O8S/c1-56-53(70)54(72-44-8-3-2-5-38(44)51-60-43-7-4-6-41(55)48(43)73-51)19-26-64(27-20-54)52(69)40-30-47(66)59-42-12-10-36(29-39(40)42)71-28-21-57-49(67)34-17-22-62(23-18-34)32-33-15-24-63(25-16-33)45-13-9-35(31-58-45)37-11-14-46(65)61-50(37)68/h2-10,12-13,29,31,33-34,37,40H,11,14-28,30,32H2,1H3,(H,56,70)(H,57,67)(H,59,66)(H,61,65,68)/t37?,40-/m0/s1. The van der Waals surface area contributed by atoms with E-state index in [2.05, 4.69) is 36.1 Å². The second kappa shape index (κ2) is 21.8. The van der Waals surface area contributed by atoms with E-state index in [1.54, 1.807) is 36.3 Å². The number of anilines is 2. The van der Waals surface area contributed by atoms with Crippen LogP contribution in [0.5, 0.6) is 11.5 Å². The van der Waals surface area contributed by atoms with E-state index in [0.29, 0.717) is 58.1 Å². The Bertz CT molecular complexity index is 2890. The van der Waals surface area contributed by atoms with Crippen molar-refractivity contribution in [3.63, 3.8) is 0 Å². The molecule has 4 saturated heterocycles. The average Bonchev–Trinajstić information content (AvgIpc) is 3.86. The van der Waals surface area contributed by atoms with Crippen molar-refractivity contribution in [1.29, 1.82) is 0 Å². The van der Waals surface area contributed by atoms with E-state index >= 15 is 0 Å². The number of benzene rings is 3. The van der Waals surface area contributed by atoms with Crippen LogP contribution in [0.25, 0.3) is 20.8 Å². The Labute approximate surface area is 432 Å². The number of hydrogen-bond donors (Lipinski definition) is 4. The number of likely N-dealkylation sites (N-methyl/N-ethyl adjacent to an activating group) is 1. The third-order valence-corrected chi connectivity index (χ3v) is 16.7. The zero-order valence-electron chi connectivity index (χ0n) is 40.8. The number of amides is 6. The highest BCUT2D eigenvalue weighted by atomic mass is 35.5. The van der Waals surface area contributed by atoms with Crippen molar-refractivity contribution in [2.24, 2.45) is 11.8 Å².